The molecule has 1 heterocycles. The maximum absolute atomic E-state index is 11.4. The van der Waals surface area contributed by atoms with Crippen LogP contribution in [0.4, 0.5) is 5.82 Å². The lowest BCUT2D eigenvalue weighted by atomic mass is 10.3. The highest BCUT2D eigenvalue weighted by molar-refractivity contribution is 5.28. The predicted molar refractivity (Wildman–Crippen MR) is 53.2 cm³/mol. The van der Waals surface area contributed by atoms with E-state index in [9.17, 15) is 9.59 Å². The zero-order chi connectivity index (χ0) is 10.3. The monoisotopic (exact) mass is 195 g/mol. The number of nitrogen functional groups attached to an aromatic ring is 1. The first kappa shape index (κ1) is 9.05. The van der Waals surface area contributed by atoms with Gasteiger partial charge in [-0.1, -0.05) is 13.3 Å². The molecule has 5 nitrogen and oxygen atoms in total. The van der Waals surface area contributed by atoms with Gasteiger partial charge in [0.2, 0.25) is 0 Å². The quantitative estimate of drug-likeness (QED) is 0.701. The summed E-state index contributed by atoms with van der Waals surface area (Å²) in [6.45, 7) is 2.08. The van der Waals surface area contributed by atoms with Crippen LogP contribution in [0.5, 0.6) is 0 Å². The number of rotatable bonds is 2. The Morgan fingerprint density at radius 3 is 2.86 bits per heavy atom. The van der Waals surface area contributed by atoms with E-state index in [4.69, 9.17) is 5.73 Å². The smallest absolute Gasteiger partial charge is 0.330 e. The largest absolute Gasteiger partial charge is 0.385 e. The van der Waals surface area contributed by atoms with Crippen LogP contribution in [-0.2, 0) is 0 Å². The lowest BCUT2D eigenvalue weighted by Gasteiger charge is -2.06. The highest BCUT2D eigenvalue weighted by Gasteiger charge is 2.38. The number of anilines is 1. The number of aromatic amines is 1. The summed E-state index contributed by atoms with van der Waals surface area (Å²) in [6, 6.07) is 1.44. The molecule has 1 aromatic rings. The van der Waals surface area contributed by atoms with Crippen LogP contribution in [0.2, 0.25) is 0 Å². The standard InChI is InChI=1S/C9H13N3O2/c1-2-5-3-6(5)12-7(10)4-8(13)11-9(12)14/h4-6H,2-3,10H2,1H3,(H,11,13,14). The summed E-state index contributed by atoms with van der Waals surface area (Å²) in [6.07, 6.45) is 2.02. The van der Waals surface area contributed by atoms with Gasteiger partial charge in [0.25, 0.3) is 5.56 Å². The molecule has 1 saturated carbocycles. The predicted octanol–water partition coefficient (Wildman–Crippen LogP) is 0.0898. The molecule has 1 aliphatic rings. The molecular weight excluding hydrogens is 182 g/mol. The van der Waals surface area contributed by atoms with Crippen molar-refractivity contribution in [3.05, 3.63) is 26.9 Å². The zero-order valence-corrected chi connectivity index (χ0v) is 7.99. The van der Waals surface area contributed by atoms with E-state index in [1.807, 2.05) is 0 Å². The average molecular weight is 195 g/mol. The molecule has 0 amide bonds. The first-order valence-corrected chi connectivity index (χ1v) is 4.74. The molecule has 0 saturated heterocycles. The number of aromatic nitrogens is 2. The molecular formula is C9H13N3O2. The summed E-state index contributed by atoms with van der Waals surface area (Å²) >= 11 is 0. The highest BCUT2D eigenvalue weighted by Crippen LogP contribution is 2.45. The fourth-order valence-corrected chi connectivity index (χ4v) is 1.85. The van der Waals surface area contributed by atoms with Gasteiger partial charge in [-0.05, 0) is 12.3 Å². The maximum Gasteiger partial charge on any atom is 0.330 e. The first-order chi connectivity index (χ1) is 6.63. The van der Waals surface area contributed by atoms with Gasteiger partial charge in [-0.2, -0.15) is 0 Å². The molecule has 1 fully saturated rings. The molecule has 2 rings (SSSR count). The Morgan fingerprint density at radius 2 is 2.36 bits per heavy atom. The van der Waals surface area contributed by atoms with Gasteiger partial charge >= 0.3 is 5.69 Å². The molecule has 5 heteroatoms. The summed E-state index contributed by atoms with van der Waals surface area (Å²) in [5.41, 5.74) is 4.80. The van der Waals surface area contributed by atoms with E-state index >= 15 is 0 Å². The Morgan fingerprint density at radius 1 is 1.64 bits per heavy atom. The van der Waals surface area contributed by atoms with Crippen LogP contribution in [0.25, 0.3) is 0 Å². The summed E-state index contributed by atoms with van der Waals surface area (Å²) in [5.74, 6) is 0.792. The molecule has 0 spiro atoms. The number of nitrogens with two attached hydrogens (primary N) is 1. The number of hydrogen-bond acceptors (Lipinski definition) is 3. The van der Waals surface area contributed by atoms with E-state index in [1.54, 1.807) is 0 Å². The Labute approximate surface area is 80.6 Å². The van der Waals surface area contributed by atoms with Crippen molar-refractivity contribution in [3.63, 3.8) is 0 Å². The minimum Gasteiger partial charge on any atom is -0.385 e. The Hall–Kier alpha value is -1.52. The normalized spacial score (nSPS) is 24.9. The number of H-pyrrole nitrogens is 1. The van der Waals surface area contributed by atoms with Gasteiger partial charge in [-0.15, -0.1) is 0 Å². The summed E-state index contributed by atoms with van der Waals surface area (Å²) < 4.78 is 1.48. The van der Waals surface area contributed by atoms with E-state index < -0.39 is 11.2 Å². The van der Waals surface area contributed by atoms with Crippen LogP contribution in [0.1, 0.15) is 25.8 Å². The summed E-state index contributed by atoms with van der Waals surface area (Å²) in [5, 5.41) is 0. The van der Waals surface area contributed by atoms with Crippen LogP contribution in [-0.4, -0.2) is 9.55 Å². The number of hydrogen-bond donors (Lipinski definition) is 2. The topological polar surface area (TPSA) is 80.9 Å². The summed E-state index contributed by atoms with van der Waals surface area (Å²) in [7, 11) is 0. The third kappa shape index (κ3) is 1.34. The third-order valence-corrected chi connectivity index (χ3v) is 2.75. The fourth-order valence-electron chi connectivity index (χ4n) is 1.85. The van der Waals surface area contributed by atoms with Gasteiger partial charge in [-0.25, -0.2) is 4.79 Å². The second kappa shape index (κ2) is 3.01. The minimum absolute atomic E-state index is 0.185. The average Bonchev–Trinajstić information content (AvgIpc) is 2.81. The van der Waals surface area contributed by atoms with Crippen molar-refractivity contribution in [2.75, 3.05) is 5.73 Å². The van der Waals surface area contributed by atoms with Crippen molar-refractivity contribution >= 4 is 5.82 Å². The Balaban J connectivity index is 2.45. The first-order valence-electron chi connectivity index (χ1n) is 4.74. The van der Waals surface area contributed by atoms with Gasteiger partial charge in [0.1, 0.15) is 5.82 Å². The van der Waals surface area contributed by atoms with Crippen molar-refractivity contribution in [1.82, 2.24) is 9.55 Å². The van der Waals surface area contributed by atoms with Gasteiger partial charge in [-0.3, -0.25) is 14.3 Å². The molecule has 0 aliphatic heterocycles. The molecule has 76 valence electrons. The molecule has 14 heavy (non-hydrogen) atoms. The molecule has 1 aromatic heterocycles. The van der Waals surface area contributed by atoms with Crippen molar-refractivity contribution in [2.24, 2.45) is 5.92 Å². The highest BCUT2D eigenvalue weighted by atomic mass is 16.2. The number of nitrogens with one attached hydrogen (secondary N) is 1. The van der Waals surface area contributed by atoms with Gasteiger partial charge in [0, 0.05) is 12.1 Å². The van der Waals surface area contributed by atoms with E-state index in [0.717, 1.165) is 12.8 Å². The molecule has 1 aliphatic carbocycles. The maximum atomic E-state index is 11.4. The van der Waals surface area contributed by atoms with Crippen molar-refractivity contribution < 1.29 is 0 Å². The van der Waals surface area contributed by atoms with E-state index in [-0.39, 0.29) is 11.9 Å². The van der Waals surface area contributed by atoms with Crippen LogP contribution < -0.4 is 17.0 Å². The van der Waals surface area contributed by atoms with E-state index in [2.05, 4.69) is 11.9 Å². The van der Waals surface area contributed by atoms with Crippen molar-refractivity contribution in [1.29, 1.82) is 0 Å². The summed E-state index contributed by atoms with van der Waals surface area (Å²) in [4.78, 5) is 24.6. The van der Waals surface area contributed by atoms with E-state index in [0.29, 0.717) is 5.92 Å². The second-order valence-electron chi connectivity index (χ2n) is 3.70. The fraction of sp³-hybridized carbons (Fsp3) is 0.556. The molecule has 0 radical (unpaired) electrons. The number of nitrogens with zero attached hydrogens (tertiary/aromatic N) is 1. The van der Waals surface area contributed by atoms with E-state index in [1.165, 1.54) is 10.6 Å². The minimum atomic E-state index is -0.433. The second-order valence-corrected chi connectivity index (χ2v) is 3.70. The van der Waals surface area contributed by atoms with Crippen molar-refractivity contribution in [2.45, 2.75) is 25.8 Å². The van der Waals surface area contributed by atoms with Gasteiger partial charge in [0.15, 0.2) is 0 Å². The molecule has 2 atom stereocenters. The molecule has 0 aromatic carbocycles. The van der Waals surface area contributed by atoms with Crippen LogP contribution in [0.3, 0.4) is 0 Å². The molecule has 0 bridgehead atoms. The zero-order valence-electron chi connectivity index (χ0n) is 7.99. The lowest BCUT2D eigenvalue weighted by Crippen LogP contribution is -2.31. The van der Waals surface area contributed by atoms with Gasteiger partial charge < -0.3 is 5.73 Å². The van der Waals surface area contributed by atoms with Gasteiger partial charge in [0.05, 0.1) is 0 Å². The van der Waals surface area contributed by atoms with Crippen molar-refractivity contribution in [3.8, 4) is 0 Å². The Kier molecular flexibility index (Phi) is 1.94. The van der Waals surface area contributed by atoms with Crippen LogP contribution in [0.15, 0.2) is 15.7 Å². The molecule has 3 N–H and O–H groups in total. The third-order valence-electron chi connectivity index (χ3n) is 2.75. The van der Waals surface area contributed by atoms with Crippen LogP contribution in [0, 0.1) is 5.92 Å². The molecule has 2 unspecified atom stereocenters. The Bertz CT molecular complexity index is 460. The van der Waals surface area contributed by atoms with Crippen LogP contribution >= 0.6 is 0 Å². The lowest BCUT2D eigenvalue weighted by molar-refractivity contribution is 0.613. The SMILES string of the molecule is CCC1CC1n1c(N)cc(=O)[nH]c1=O.